The number of carbonyl (C=O) groups is 3. The van der Waals surface area contributed by atoms with E-state index in [1.54, 1.807) is 6.92 Å². The van der Waals surface area contributed by atoms with Crippen LogP contribution in [-0.2, 0) is 14.4 Å². The molecule has 0 radical (unpaired) electrons. The molecule has 1 saturated heterocycles. The minimum atomic E-state index is -1.23. The average molecular weight is 256 g/mol. The summed E-state index contributed by atoms with van der Waals surface area (Å²) in [5.74, 6) is -1.62. The highest BCUT2D eigenvalue weighted by molar-refractivity contribution is 6.06. The fourth-order valence-corrected chi connectivity index (χ4v) is 1.91. The summed E-state index contributed by atoms with van der Waals surface area (Å²) in [5, 5.41) is 11.7. The van der Waals surface area contributed by atoms with Crippen molar-refractivity contribution in [3.05, 3.63) is 0 Å². The zero-order chi connectivity index (χ0) is 14.1. The van der Waals surface area contributed by atoms with Crippen molar-refractivity contribution in [2.24, 2.45) is 0 Å². The first-order valence-corrected chi connectivity index (χ1v) is 6.07. The summed E-state index contributed by atoms with van der Waals surface area (Å²) in [6, 6.07) is -0.887. The Kier molecular flexibility index (Phi) is 4.11. The summed E-state index contributed by atoms with van der Waals surface area (Å²) in [6.45, 7) is 6.64. The Hall–Kier alpha value is -1.43. The van der Waals surface area contributed by atoms with E-state index in [0.717, 1.165) is 0 Å². The Bertz CT molecular complexity index is 378. The molecule has 0 aromatic rings. The SMILES string of the molecule is CCC(C)N1C(=O)CC(NC(C)(C)C(=O)O)C1=O. The van der Waals surface area contributed by atoms with Gasteiger partial charge in [-0.1, -0.05) is 6.92 Å². The topological polar surface area (TPSA) is 86.7 Å². The predicted molar refractivity (Wildman–Crippen MR) is 64.9 cm³/mol. The number of carboxylic acid groups (broad SMARTS) is 1. The van der Waals surface area contributed by atoms with Crippen LogP contribution in [0, 0.1) is 0 Å². The van der Waals surface area contributed by atoms with Crippen LogP contribution in [0.3, 0.4) is 0 Å². The van der Waals surface area contributed by atoms with Crippen LogP contribution in [0.1, 0.15) is 40.5 Å². The van der Waals surface area contributed by atoms with Crippen LogP contribution in [0.4, 0.5) is 0 Å². The summed E-state index contributed by atoms with van der Waals surface area (Å²) >= 11 is 0. The molecular weight excluding hydrogens is 236 g/mol. The van der Waals surface area contributed by atoms with Crippen molar-refractivity contribution in [2.75, 3.05) is 0 Å². The third-order valence-electron chi connectivity index (χ3n) is 3.28. The van der Waals surface area contributed by atoms with Gasteiger partial charge in [0.2, 0.25) is 11.8 Å². The van der Waals surface area contributed by atoms with Crippen LogP contribution in [0.15, 0.2) is 0 Å². The second-order valence-electron chi connectivity index (χ2n) is 5.19. The fourth-order valence-electron chi connectivity index (χ4n) is 1.91. The first-order valence-electron chi connectivity index (χ1n) is 6.07. The number of nitrogens with one attached hydrogen (secondary N) is 1. The van der Waals surface area contributed by atoms with Crippen LogP contribution < -0.4 is 5.32 Å². The molecule has 2 amide bonds. The number of hydrogen-bond acceptors (Lipinski definition) is 4. The van der Waals surface area contributed by atoms with Gasteiger partial charge in [-0.05, 0) is 27.2 Å². The van der Waals surface area contributed by atoms with Gasteiger partial charge in [0.05, 0.1) is 12.5 Å². The molecule has 2 unspecified atom stereocenters. The van der Waals surface area contributed by atoms with Gasteiger partial charge in [0, 0.05) is 6.04 Å². The van der Waals surface area contributed by atoms with Crippen LogP contribution in [0.2, 0.25) is 0 Å². The molecular formula is C12H20N2O4. The average Bonchev–Trinajstić information content (AvgIpc) is 2.52. The third-order valence-corrected chi connectivity index (χ3v) is 3.28. The van der Waals surface area contributed by atoms with Crippen molar-refractivity contribution in [1.29, 1.82) is 0 Å². The van der Waals surface area contributed by atoms with Gasteiger partial charge in [0.1, 0.15) is 5.54 Å². The molecule has 0 bridgehead atoms. The van der Waals surface area contributed by atoms with E-state index >= 15 is 0 Å². The highest BCUT2D eigenvalue weighted by Crippen LogP contribution is 2.20. The number of amides is 2. The molecule has 0 aromatic carbocycles. The zero-order valence-corrected chi connectivity index (χ0v) is 11.2. The maximum Gasteiger partial charge on any atom is 0.323 e. The van der Waals surface area contributed by atoms with Gasteiger partial charge < -0.3 is 5.11 Å². The second-order valence-corrected chi connectivity index (χ2v) is 5.19. The van der Waals surface area contributed by atoms with Gasteiger partial charge in [0.25, 0.3) is 0 Å². The molecule has 0 aromatic heterocycles. The highest BCUT2D eigenvalue weighted by Gasteiger charge is 2.43. The van der Waals surface area contributed by atoms with E-state index < -0.39 is 17.6 Å². The molecule has 2 N–H and O–H groups in total. The lowest BCUT2D eigenvalue weighted by Gasteiger charge is -2.26. The third kappa shape index (κ3) is 2.69. The van der Waals surface area contributed by atoms with E-state index in [1.165, 1.54) is 18.7 Å². The first kappa shape index (κ1) is 14.6. The second kappa shape index (κ2) is 5.06. The summed E-state index contributed by atoms with van der Waals surface area (Å²) in [6.07, 6.45) is 0.715. The van der Waals surface area contributed by atoms with Crippen molar-refractivity contribution in [2.45, 2.75) is 58.2 Å². The quantitative estimate of drug-likeness (QED) is 0.694. The monoisotopic (exact) mass is 256 g/mol. The lowest BCUT2D eigenvalue weighted by molar-refractivity contribution is -0.144. The number of hydrogen-bond donors (Lipinski definition) is 2. The molecule has 1 aliphatic heterocycles. The molecule has 1 aliphatic rings. The van der Waals surface area contributed by atoms with Gasteiger partial charge in [-0.3, -0.25) is 24.6 Å². The standard InChI is InChI=1S/C12H20N2O4/c1-5-7(2)14-9(15)6-8(10(14)16)13-12(3,4)11(17)18/h7-8,13H,5-6H2,1-4H3,(H,17,18). The lowest BCUT2D eigenvalue weighted by Crippen LogP contribution is -2.54. The van der Waals surface area contributed by atoms with Crippen LogP contribution in [0.25, 0.3) is 0 Å². The van der Waals surface area contributed by atoms with Crippen molar-refractivity contribution in [1.82, 2.24) is 10.2 Å². The summed E-state index contributed by atoms with van der Waals surface area (Å²) in [7, 11) is 0. The predicted octanol–water partition coefficient (Wildman–Crippen LogP) is 0.365. The van der Waals surface area contributed by atoms with E-state index in [4.69, 9.17) is 5.11 Å². The van der Waals surface area contributed by atoms with E-state index in [9.17, 15) is 14.4 Å². The molecule has 1 heterocycles. The van der Waals surface area contributed by atoms with Crippen LogP contribution in [-0.4, -0.2) is 45.4 Å². The molecule has 6 heteroatoms. The molecule has 102 valence electrons. The Morgan fingerprint density at radius 1 is 1.56 bits per heavy atom. The van der Waals surface area contributed by atoms with E-state index in [0.29, 0.717) is 6.42 Å². The van der Waals surface area contributed by atoms with Crippen molar-refractivity contribution < 1.29 is 19.5 Å². The fraction of sp³-hybridized carbons (Fsp3) is 0.750. The lowest BCUT2D eigenvalue weighted by atomic mass is 10.0. The summed E-state index contributed by atoms with van der Waals surface area (Å²) in [5.41, 5.74) is -1.23. The number of aliphatic carboxylic acids is 1. The van der Waals surface area contributed by atoms with Crippen molar-refractivity contribution in [3.63, 3.8) is 0 Å². The number of carboxylic acids is 1. The Morgan fingerprint density at radius 3 is 2.56 bits per heavy atom. The summed E-state index contributed by atoms with van der Waals surface area (Å²) in [4.78, 5) is 36.1. The van der Waals surface area contributed by atoms with Gasteiger partial charge in [-0.2, -0.15) is 0 Å². The van der Waals surface area contributed by atoms with Crippen molar-refractivity contribution >= 4 is 17.8 Å². The Labute approximate surface area is 106 Å². The van der Waals surface area contributed by atoms with Crippen LogP contribution in [0.5, 0.6) is 0 Å². The van der Waals surface area contributed by atoms with Gasteiger partial charge in [-0.15, -0.1) is 0 Å². The molecule has 0 aliphatic carbocycles. The maximum absolute atomic E-state index is 12.1. The zero-order valence-electron chi connectivity index (χ0n) is 11.2. The normalized spacial score (nSPS) is 22.4. The number of imide groups is 1. The molecule has 18 heavy (non-hydrogen) atoms. The Morgan fingerprint density at radius 2 is 2.11 bits per heavy atom. The number of rotatable bonds is 5. The number of likely N-dealkylation sites (tertiary alicyclic amines) is 1. The maximum atomic E-state index is 12.1. The summed E-state index contributed by atoms with van der Waals surface area (Å²) < 4.78 is 0. The molecule has 0 saturated carbocycles. The van der Waals surface area contributed by atoms with Gasteiger partial charge in [0.15, 0.2) is 0 Å². The van der Waals surface area contributed by atoms with E-state index in [1.807, 2.05) is 6.92 Å². The van der Waals surface area contributed by atoms with Gasteiger partial charge in [-0.25, -0.2) is 0 Å². The van der Waals surface area contributed by atoms with E-state index in [2.05, 4.69) is 5.32 Å². The minimum absolute atomic E-state index is 0.0277. The van der Waals surface area contributed by atoms with Crippen LogP contribution >= 0.6 is 0 Å². The highest BCUT2D eigenvalue weighted by atomic mass is 16.4. The van der Waals surface area contributed by atoms with E-state index in [-0.39, 0.29) is 24.3 Å². The molecule has 1 fully saturated rings. The number of carbonyl (C=O) groups excluding carboxylic acids is 2. The first-order chi connectivity index (χ1) is 8.20. The Balaban J connectivity index is 2.81. The molecule has 2 atom stereocenters. The van der Waals surface area contributed by atoms with Crippen molar-refractivity contribution in [3.8, 4) is 0 Å². The molecule has 6 nitrogen and oxygen atoms in total. The van der Waals surface area contributed by atoms with Gasteiger partial charge >= 0.3 is 5.97 Å². The smallest absolute Gasteiger partial charge is 0.323 e. The minimum Gasteiger partial charge on any atom is -0.480 e. The molecule has 1 rings (SSSR count). The molecule has 0 spiro atoms. The largest absolute Gasteiger partial charge is 0.480 e. The number of nitrogens with zero attached hydrogens (tertiary/aromatic N) is 1.